The van der Waals surface area contributed by atoms with Crippen molar-refractivity contribution in [1.82, 2.24) is 19.5 Å². The lowest BCUT2D eigenvalue weighted by molar-refractivity contribution is -0.121. The van der Waals surface area contributed by atoms with E-state index in [1.807, 2.05) is 17.5 Å². The van der Waals surface area contributed by atoms with Crippen LogP contribution in [0, 0.1) is 6.92 Å². The second kappa shape index (κ2) is 7.67. The number of nitrogens with one attached hydrogen (secondary N) is 1. The molecular formula is C19H19N5O4S2. The number of nitrogens with zero attached hydrogens (tertiary/aromatic N) is 3. The first-order valence-electron chi connectivity index (χ1n) is 9.09. The Morgan fingerprint density at radius 3 is 2.63 bits per heavy atom. The number of rotatable bonds is 6. The Kier molecular flexibility index (Phi) is 5.18. The van der Waals surface area contributed by atoms with Gasteiger partial charge in [0, 0.05) is 6.54 Å². The van der Waals surface area contributed by atoms with Crippen molar-refractivity contribution >= 4 is 43.0 Å². The molecule has 3 aromatic heterocycles. The molecule has 0 unspecified atom stereocenters. The summed E-state index contributed by atoms with van der Waals surface area (Å²) in [7, 11) is -3.73. The molecule has 11 heteroatoms. The molecule has 0 aliphatic rings. The molecule has 0 bridgehead atoms. The first-order chi connectivity index (χ1) is 14.2. The summed E-state index contributed by atoms with van der Waals surface area (Å²) in [6.07, 6.45) is 0.506. The maximum Gasteiger partial charge on any atom is 0.291 e. The number of nitrogens with two attached hydrogens (primary N) is 1. The molecule has 0 aliphatic heterocycles. The quantitative estimate of drug-likeness (QED) is 0.458. The zero-order chi connectivity index (χ0) is 21.5. The molecule has 3 N–H and O–H groups in total. The molecule has 0 saturated carbocycles. The Bertz CT molecular complexity index is 1420. The molecule has 1 amide bonds. The third-order valence-electron chi connectivity index (χ3n) is 4.75. The van der Waals surface area contributed by atoms with Gasteiger partial charge in [0.1, 0.15) is 17.9 Å². The Morgan fingerprint density at radius 1 is 1.20 bits per heavy atom. The number of primary sulfonamides is 1. The zero-order valence-corrected chi connectivity index (χ0v) is 17.7. The lowest BCUT2D eigenvalue weighted by Gasteiger charge is -2.09. The fourth-order valence-corrected chi connectivity index (χ4v) is 4.64. The average molecular weight is 446 g/mol. The van der Waals surface area contributed by atoms with E-state index >= 15 is 0 Å². The number of fused-ring (bicyclic) bond motifs is 3. The van der Waals surface area contributed by atoms with Crippen molar-refractivity contribution in [3.8, 4) is 0 Å². The standard InChI is InChI=1S/C19H19N5O4S2/c1-12-22-23(19(26)16-10-17-15(24(12)16)7-9-29-17)11-18(25)21-8-6-13-2-4-14(5-3-13)30(20,27)28/h2-5,7,9-10H,6,8,11H2,1H3,(H,21,25)(H2,20,27,28). The molecule has 0 aliphatic carbocycles. The number of sulfonamides is 1. The fraction of sp³-hybridized carbons (Fsp3) is 0.211. The van der Waals surface area contributed by atoms with Crippen molar-refractivity contribution in [1.29, 1.82) is 0 Å². The van der Waals surface area contributed by atoms with Gasteiger partial charge in [-0.05, 0) is 48.6 Å². The number of thiophene rings is 1. The van der Waals surface area contributed by atoms with Crippen LogP contribution in [-0.2, 0) is 27.8 Å². The van der Waals surface area contributed by atoms with Gasteiger partial charge in [0.25, 0.3) is 5.56 Å². The maximum absolute atomic E-state index is 12.7. The van der Waals surface area contributed by atoms with Gasteiger partial charge < -0.3 is 5.32 Å². The minimum Gasteiger partial charge on any atom is -0.354 e. The number of carbonyl (C=O) groups is 1. The maximum atomic E-state index is 12.7. The number of aromatic nitrogens is 3. The van der Waals surface area contributed by atoms with Crippen LogP contribution in [0.2, 0.25) is 0 Å². The van der Waals surface area contributed by atoms with E-state index in [-0.39, 0.29) is 22.9 Å². The molecule has 3 heterocycles. The highest BCUT2D eigenvalue weighted by Gasteiger charge is 2.14. The molecule has 0 saturated heterocycles. The van der Waals surface area contributed by atoms with Gasteiger partial charge in [-0.25, -0.2) is 18.2 Å². The Morgan fingerprint density at radius 2 is 1.93 bits per heavy atom. The minimum atomic E-state index is -3.73. The van der Waals surface area contributed by atoms with Gasteiger partial charge >= 0.3 is 0 Å². The van der Waals surface area contributed by atoms with Crippen molar-refractivity contribution in [2.75, 3.05) is 6.54 Å². The van der Waals surface area contributed by atoms with Gasteiger partial charge in [-0.15, -0.1) is 11.3 Å². The fourth-order valence-electron chi connectivity index (χ4n) is 3.32. The highest BCUT2D eigenvalue weighted by molar-refractivity contribution is 7.89. The van der Waals surface area contributed by atoms with Gasteiger partial charge in [0.05, 0.1) is 15.1 Å². The summed E-state index contributed by atoms with van der Waals surface area (Å²) in [5.74, 6) is 0.295. The van der Waals surface area contributed by atoms with Crippen LogP contribution < -0.4 is 16.0 Å². The summed E-state index contributed by atoms with van der Waals surface area (Å²) in [5.41, 5.74) is 1.95. The van der Waals surface area contributed by atoms with Crippen LogP contribution in [0.5, 0.6) is 0 Å². The molecule has 9 nitrogen and oxygen atoms in total. The second-order valence-corrected chi connectivity index (χ2v) is 9.34. The number of hydrogen-bond acceptors (Lipinski definition) is 6. The first kappa shape index (κ1) is 20.3. The SMILES string of the molecule is Cc1nn(CC(=O)NCCc2ccc(S(N)(=O)=O)cc2)c(=O)c2cc3sccc3n12. The molecule has 0 radical (unpaired) electrons. The van der Waals surface area contributed by atoms with Crippen molar-refractivity contribution in [3.05, 3.63) is 63.5 Å². The van der Waals surface area contributed by atoms with Gasteiger partial charge in [0.2, 0.25) is 15.9 Å². The summed E-state index contributed by atoms with van der Waals surface area (Å²) in [6.45, 7) is 1.95. The minimum absolute atomic E-state index is 0.0387. The second-order valence-electron chi connectivity index (χ2n) is 6.83. The third kappa shape index (κ3) is 3.86. The summed E-state index contributed by atoms with van der Waals surface area (Å²) >= 11 is 1.54. The normalized spacial score (nSPS) is 11.9. The van der Waals surface area contributed by atoms with E-state index in [1.165, 1.54) is 16.8 Å². The smallest absolute Gasteiger partial charge is 0.291 e. The van der Waals surface area contributed by atoms with E-state index in [2.05, 4.69) is 10.4 Å². The predicted molar refractivity (Wildman–Crippen MR) is 114 cm³/mol. The highest BCUT2D eigenvalue weighted by atomic mass is 32.2. The first-order valence-corrected chi connectivity index (χ1v) is 11.5. The number of amides is 1. The van der Waals surface area contributed by atoms with E-state index in [0.717, 1.165) is 15.8 Å². The summed E-state index contributed by atoms with van der Waals surface area (Å²) in [5, 5.41) is 14.1. The van der Waals surface area contributed by atoms with Crippen LogP contribution in [0.1, 0.15) is 11.4 Å². The van der Waals surface area contributed by atoms with Crippen LogP contribution in [0.25, 0.3) is 15.7 Å². The van der Waals surface area contributed by atoms with Crippen molar-refractivity contribution in [2.45, 2.75) is 24.8 Å². The molecule has 30 heavy (non-hydrogen) atoms. The summed E-state index contributed by atoms with van der Waals surface area (Å²) in [6, 6.07) is 9.90. The summed E-state index contributed by atoms with van der Waals surface area (Å²) in [4.78, 5) is 25.1. The lowest BCUT2D eigenvalue weighted by Crippen LogP contribution is -2.35. The Labute approximate surface area is 175 Å². The van der Waals surface area contributed by atoms with E-state index < -0.39 is 10.0 Å². The van der Waals surface area contributed by atoms with Crippen LogP contribution in [0.3, 0.4) is 0 Å². The lowest BCUT2D eigenvalue weighted by atomic mass is 10.1. The van der Waals surface area contributed by atoms with Crippen LogP contribution in [0.15, 0.2) is 51.5 Å². The van der Waals surface area contributed by atoms with Gasteiger partial charge in [-0.2, -0.15) is 5.10 Å². The van der Waals surface area contributed by atoms with E-state index in [0.29, 0.717) is 24.3 Å². The molecule has 0 fully saturated rings. The number of aryl methyl sites for hydroxylation is 1. The number of benzene rings is 1. The Hall–Kier alpha value is -3.02. The van der Waals surface area contributed by atoms with Crippen LogP contribution in [0.4, 0.5) is 0 Å². The highest BCUT2D eigenvalue weighted by Crippen LogP contribution is 2.24. The number of hydrogen-bond donors (Lipinski definition) is 2. The van der Waals surface area contributed by atoms with Gasteiger partial charge in [-0.1, -0.05) is 12.1 Å². The Balaban J connectivity index is 1.42. The molecular weight excluding hydrogens is 426 g/mol. The van der Waals surface area contributed by atoms with Crippen molar-refractivity contribution < 1.29 is 13.2 Å². The third-order valence-corrected chi connectivity index (χ3v) is 6.53. The van der Waals surface area contributed by atoms with Crippen molar-refractivity contribution in [3.63, 3.8) is 0 Å². The monoisotopic (exact) mass is 445 g/mol. The molecule has 4 aromatic rings. The molecule has 4 rings (SSSR count). The molecule has 0 spiro atoms. The van der Waals surface area contributed by atoms with E-state index in [1.54, 1.807) is 34.8 Å². The van der Waals surface area contributed by atoms with Crippen LogP contribution >= 0.6 is 11.3 Å². The molecule has 156 valence electrons. The van der Waals surface area contributed by atoms with Crippen LogP contribution in [-0.4, -0.2) is 35.1 Å². The van der Waals surface area contributed by atoms with Gasteiger partial charge in [0.15, 0.2) is 0 Å². The summed E-state index contributed by atoms with van der Waals surface area (Å²) < 4.78 is 26.5. The average Bonchev–Trinajstić information content (AvgIpc) is 3.27. The zero-order valence-electron chi connectivity index (χ0n) is 16.0. The van der Waals surface area contributed by atoms with Gasteiger partial charge in [-0.3, -0.25) is 14.0 Å². The number of carbonyl (C=O) groups excluding carboxylic acids is 1. The largest absolute Gasteiger partial charge is 0.354 e. The molecule has 0 atom stereocenters. The predicted octanol–water partition coefficient (Wildman–Crippen LogP) is 1.03. The van der Waals surface area contributed by atoms with Crippen molar-refractivity contribution in [2.24, 2.45) is 5.14 Å². The molecule has 1 aromatic carbocycles. The topological polar surface area (TPSA) is 129 Å². The van der Waals surface area contributed by atoms with E-state index in [4.69, 9.17) is 5.14 Å². The van der Waals surface area contributed by atoms with E-state index in [9.17, 15) is 18.0 Å².